The minimum Gasteiger partial charge on any atom is -0.426 e. The van der Waals surface area contributed by atoms with Crippen LogP contribution in [0.2, 0.25) is 0 Å². The fourth-order valence-electron chi connectivity index (χ4n) is 1.76. The van der Waals surface area contributed by atoms with Gasteiger partial charge in [0.15, 0.2) is 12.4 Å². The molecule has 1 aliphatic heterocycles. The number of hydrogen-bond acceptors (Lipinski definition) is 4. The van der Waals surface area contributed by atoms with E-state index in [-0.39, 0.29) is 10.9 Å². The van der Waals surface area contributed by atoms with Gasteiger partial charge >= 0.3 is 17.3 Å². The van der Waals surface area contributed by atoms with Gasteiger partial charge in [-0.15, -0.1) is 0 Å². The molecule has 10 heteroatoms. The number of amides is 1. The molecule has 0 N–H and O–H groups in total. The van der Waals surface area contributed by atoms with Crippen molar-refractivity contribution in [1.29, 1.82) is 0 Å². The van der Waals surface area contributed by atoms with Crippen LogP contribution in [0.3, 0.4) is 0 Å². The fourth-order valence-corrected chi connectivity index (χ4v) is 2.54. The summed E-state index contributed by atoms with van der Waals surface area (Å²) in [5.41, 5.74) is -0.241. The number of anilines is 1. The van der Waals surface area contributed by atoms with E-state index in [2.05, 4.69) is 9.84 Å². The number of nitrogens with zero attached hydrogens (tertiary/aromatic N) is 2. The fraction of sp³-hybridized carbons (Fsp3) is 0.429. The van der Waals surface area contributed by atoms with Crippen molar-refractivity contribution in [3.05, 3.63) is 24.3 Å². The molecule has 0 aromatic heterocycles. The lowest BCUT2D eigenvalue weighted by atomic mass is 10.2. The molecule has 1 aromatic carbocycles. The molecule has 0 bridgehead atoms. The Labute approximate surface area is 138 Å². The number of carbonyl (C=O) groups excluding carboxylic acids is 1. The average molecular weight is 368 g/mol. The summed E-state index contributed by atoms with van der Waals surface area (Å²) in [5.74, 6) is -5.71. The van der Waals surface area contributed by atoms with Gasteiger partial charge < -0.3 is 4.74 Å². The van der Waals surface area contributed by atoms with Crippen LogP contribution >= 0.6 is 11.8 Å². The maximum absolute atomic E-state index is 13.5. The highest BCUT2D eigenvalue weighted by molar-refractivity contribution is 8.15. The Hall–Kier alpha value is -1.84. The number of para-hydroxylation sites is 2. The summed E-state index contributed by atoms with van der Waals surface area (Å²) in [7, 11) is 0. The summed E-state index contributed by atoms with van der Waals surface area (Å²) in [5, 5.41) is 3.90. The van der Waals surface area contributed by atoms with E-state index in [9.17, 15) is 26.7 Å². The summed E-state index contributed by atoms with van der Waals surface area (Å²) < 4.78 is 69.2. The lowest BCUT2D eigenvalue weighted by Gasteiger charge is -2.28. The van der Waals surface area contributed by atoms with E-state index in [0.29, 0.717) is 6.42 Å². The van der Waals surface area contributed by atoms with Crippen LogP contribution < -0.4 is 9.75 Å². The van der Waals surface area contributed by atoms with E-state index in [4.69, 9.17) is 0 Å². The lowest BCUT2D eigenvalue weighted by Crippen LogP contribution is -2.47. The Bertz CT molecular complexity index is 641. The highest BCUT2D eigenvalue weighted by Gasteiger charge is 2.60. The molecule has 1 aliphatic rings. The van der Waals surface area contributed by atoms with Crippen LogP contribution in [0.25, 0.3) is 0 Å². The molecule has 0 saturated heterocycles. The predicted octanol–water partition coefficient (Wildman–Crippen LogP) is 4.70. The number of carbonyl (C=O) groups is 1. The van der Waals surface area contributed by atoms with E-state index < -0.39 is 29.7 Å². The summed E-state index contributed by atoms with van der Waals surface area (Å²) in [6.45, 7) is -0.750. The molecular weight excluding hydrogens is 355 g/mol. The van der Waals surface area contributed by atoms with Crippen molar-refractivity contribution in [1.82, 2.24) is 0 Å². The van der Waals surface area contributed by atoms with E-state index in [1.807, 2.05) is 6.92 Å². The first-order valence-corrected chi connectivity index (χ1v) is 7.74. The topological polar surface area (TPSA) is 41.9 Å². The molecule has 0 saturated carbocycles. The van der Waals surface area contributed by atoms with Crippen molar-refractivity contribution in [3.8, 4) is 5.75 Å². The number of hydrogen-bond donors (Lipinski definition) is 0. The Morgan fingerprint density at radius 1 is 1.29 bits per heavy atom. The summed E-state index contributed by atoms with van der Waals surface area (Å²) in [6.07, 6.45) is -3.01. The van der Waals surface area contributed by atoms with Crippen molar-refractivity contribution >= 4 is 28.9 Å². The maximum Gasteiger partial charge on any atom is 0.467 e. The molecule has 4 nitrogen and oxygen atoms in total. The first-order chi connectivity index (χ1) is 11.2. The van der Waals surface area contributed by atoms with Crippen molar-refractivity contribution < 1.29 is 31.5 Å². The molecular formula is C14H13F5N2O2S. The minimum absolute atomic E-state index is 0.167. The summed E-state index contributed by atoms with van der Waals surface area (Å²) in [4.78, 5) is 12.1. The van der Waals surface area contributed by atoms with Crippen molar-refractivity contribution in [2.75, 3.05) is 11.7 Å². The second kappa shape index (κ2) is 6.96. The average Bonchev–Trinajstić information content (AvgIpc) is 2.55. The summed E-state index contributed by atoms with van der Waals surface area (Å²) in [6, 6.07) is 4.83. The van der Waals surface area contributed by atoms with Gasteiger partial charge in [0.05, 0.1) is 5.25 Å². The van der Waals surface area contributed by atoms with E-state index >= 15 is 0 Å². The zero-order chi connectivity index (χ0) is 18.0. The van der Waals surface area contributed by atoms with Gasteiger partial charge in [-0.2, -0.15) is 27.7 Å². The van der Waals surface area contributed by atoms with Gasteiger partial charge in [-0.25, -0.2) is 4.39 Å². The Kier molecular flexibility index (Phi) is 5.36. The molecule has 1 unspecified atom stereocenters. The highest BCUT2D eigenvalue weighted by Crippen LogP contribution is 2.41. The molecule has 0 radical (unpaired) electrons. The van der Waals surface area contributed by atoms with E-state index in [0.717, 1.165) is 22.8 Å². The van der Waals surface area contributed by atoms with Gasteiger partial charge in [-0.05, 0) is 18.6 Å². The Balaban J connectivity index is 2.34. The van der Waals surface area contributed by atoms with Gasteiger partial charge in [0.1, 0.15) is 5.69 Å². The standard InChI is InChI=1S/C14H13F5N2O2S/c1-2-9-7-20-21(12(22)24-9)10-5-3-4-6-11(10)23-14(18,19)13(16,17)8-15/h3-7,9H,2,8H2,1H3. The maximum atomic E-state index is 13.5. The SMILES string of the molecule is CCC1C=NN(c2ccccc2OC(F)(F)C(F)(F)CF)C(=O)S1. The number of rotatable bonds is 6. The van der Waals surface area contributed by atoms with Crippen LogP contribution in [0.1, 0.15) is 13.3 Å². The molecule has 24 heavy (non-hydrogen) atoms. The lowest BCUT2D eigenvalue weighted by molar-refractivity contribution is -0.312. The number of thioether (sulfide) groups is 1. The quantitative estimate of drug-likeness (QED) is 0.684. The zero-order valence-corrected chi connectivity index (χ0v) is 13.2. The normalized spacial score (nSPS) is 18.8. The summed E-state index contributed by atoms with van der Waals surface area (Å²) >= 11 is 0.913. The van der Waals surface area contributed by atoms with Crippen molar-refractivity contribution in [3.63, 3.8) is 0 Å². The van der Waals surface area contributed by atoms with Crippen molar-refractivity contribution in [2.24, 2.45) is 5.10 Å². The number of hydrazone groups is 1. The van der Waals surface area contributed by atoms with Gasteiger partial charge in [0.25, 0.3) is 0 Å². The monoisotopic (exact) mass is 368 g/mol. The number of ether oxygens (including phenoxy) is 1. The van der Waals surface area contributed by atoms with Gasteiger partial charge in [0, 0.05) is 6.21 Å². The number of halogens is 5. The number of benzene rings is 1. The highest BCUT2D eigenvalue weighted by atomic mass is 32.2. The third kappa shape index (κ3) is 3.63. The van der Waals surface area contributed by atoms with Gasteiger partial charge in [-0.1, -0.05) is 30.8 Å². The predicted molar refractivity (Wildman–Crippen MR) is 81.0 cm³/mol. The van der Waals surface area contributed by atoms with Crippen LogP contribution in [-0.4, -0.2) is 35.4 Å². The second-order valence-corrected chi connectivity index (χ2v) is 6.02. The largest absolute Gasteiger partial charge is 0.467 e. The van der Waals surface area contributed by atoms with Crippen molar-refractivity contribution in [2.45, 2.75) is 30.6 Å². The molecule has 132 valence electrons. The first kappa shape index (κ1) is 18.5. The van der Waals surface area contributed by atoms with Gasteiger partial charge in [-0.3, -0.25) is 4.79 Å². The Morgan fingerprint density at radius 2 is 1.96 bits per heavy atom. The Morgan fingerprint density at radius 3 is 2.54 bits per heavy atom. The van der Waals surface area contributed by atoms with Crippen LogP contribution in [0, 0.1) is 0 Å². The van der Waals surface area contributed by atoms with Crippen LogP contribution in [0.5, 0.6) is 5.75 Å². The molecule has 1 aromatic rings. The smallest absolute Gasteiger partial charge is 0.426 e. The number of alkyl halides is 5. The van der Waals surface area contributed by atoms with Crippen LogP contribution in [0.15, 0.2) is 29.4 Å². The molecule has 1 amide bonds. The first-order valence-electron chi connectivity index (χ1n) is 6.86. The molecule has 0 aliphatic carbocycles. The van der Waals surface area contributed by atoms with Crippen LogP contribution in [-0.2, 0) is 0 Å². The molecule has 1 atom stereocenters. The third-order valence-corrected chi connectivity index (χ3v) is 4.23. The second-order valence-electron chi connectivity index (χ2n) is 4.83. The van der Waals surface area contributed by atoms with Crippen LogP contribution in [0.4, 0.5) is 32.4 Å². The van der Waals surface area contributed by atoms with Gasteiger partial charge in [0.2, 0.25) is 0 Å². The zero-order valence-electron chi connectivity index (χ0n) is 12.4. The molecule has 1 heterocycles. The van der Waals surface area contributed by atoms with E-state index in [1.54, 1.807) is 0 Å². The molecule has 2 rings (SSSR count). The molecule has 0 fully saturated rings. The molecule has 0 spiro atoms. The third-order valence-electron chi connectivity index (χ3n) is 3.10. The van der Waals surface area contributed by atoms with E-state index in [1.165, 1.54) is 24.4 Å². The minimum atomic E-state index is -5.08.